The second kappa shape index (κ2) is 26.3. The van der Waals surface area contributed by atoms with Crippen LogP contribution in [-0.2, 0) is 56.4 Å². The molecular weight excluding hydrogens is 1290 g/mol. The fraction of sp³-hybridized carbons (Fsp3) is 0.143. The van der Waals surface area contributed by atoms with Crippen molar-refractivity contribution in [3.63, 3.8) is 0 Å². The first-order valence-electron chi connectivity index (χ1n) is 39.4. The molecule has 0 saturated heterocycles. The van der Waals surface area contributed by atoms with E-state index < -0.39 is 13.7 Å². The highest BCUT2D eigenvalue weighted by Gasteiger charge is 2.28. The van der Waals surface area contributed by atoms with Gasteiger partial charge in [-0.25, -0.2) is 18.3 Å². The Balaban J connectivity index is 0.000000109. The van der Waals surface area contributed by atoms with Gasteiger partial charge >= 0.3 is 0 Å². The lowest BCUT2D eigenvalue weighted by Gasteiger charge is -2.09. The minimum atomic E-state index is -2.09. The van der Waals surface area contributed by atoms with Crippen molar-refractivity contribution >= 4 is 131 Å². The zero-order valence-corrected chi connectivity index (χ0v) is 62.1. The number of rotatable bonds is 4. The SMILES string of the molecule is Cc1ccccc1-c1ccc2c(c3cc4ccccc4cc3n2C)[n+]1C.Cc1ccccc1-c1ccc2c3c4ccccc4ccc3n(C)c2[n+]1C.[2H]C([2H])([2H])c1ccc(-c2ccc3c(c4c5ccccc5ccc4n3C)[n+]2C)c(C)c1.[2H]C([2H])([2H])c1ccc(-c2ccc3c4cc5ccccc5cc4n(C)c3[n+]2C)c(C)c1. The van der Waals surface area contributed by atoms with E-state index >= 15 is 0 Å². The minimum Gasteiger partial charge on any atom is -0.338 e. The van der Waals surface area contributed by atoms with E-state index in [-0.39, 0.29) is 0 Å². The summed E-state index contributed by atoms with van der Waals surface area (Å²) in [5.74, 6) is 0. The van der Waals surface area contributed by atoms with Gasteiger partial charge in [-0.3, -0.25) is 0 Å². The molecule has 0 N–H and O–H groups in total. The van der Waals surface area contributed by atoms with Crippen LogP contribution < -0.4 is 18.3 Å². The van der Waals surface area contributed by atoms with Crippen LogP contribution >= 0.6 is 0 Å². The fourth-order valence-corrected chi connectivity index (χ4v) is 17.2. The summed E-state index contributed by atoms with van der Waals surface area (Å²) in [5, 5.41) is 17.7. The molecule has 516 valence electrons. The van der Waals surface area contributed by atoms with Crippen molar-refractivity contribution in [2.24, 2.45) is 56.4 Å². The summed E-state index contributed by atoms with van der Waals surface area (Å²) in [6, 6.07) is 97.8. The summed E-state index contributed by atoms with van der Waals surface area (Å²) in [5.41, 5.74) is 26.8. The van der Waals surface area contributed by atoms with Gasteiger partial charge < -0.3 is 9.13 Å². The van der Waals surface area contributed by atoms with Gasteiger partial charge in [0.1, 0.15) is 47.6 Å². The maximum atomic E-state index is 7.69. The summed E-state index contributed by atoms with van der Waals surface area (Å²) in [4.78, 5) is 0. The molecule has 0 aliphatic heterocycles. The molecule has 0 saturated carbocycles. The number of fused-ring (bicyclic) bond motifs is 18. The first kappa shape index (κ1) is 60.0. The van der Waals surface area contributed by atoms with Crippen LogP contribution in [0.1, 0.15) is 41.6 Å². The maximum absolute atomic E-state index is 7.69. The lowest BCUT2D eigenvalue weighted by atomic mass is 10.0. The average molecular weight is 1380 g/mol. The minimum absolute atomic E-state index is 0.378. The summed E-state index contributed by atoms with van der Waals surface area (Å²) in [7, 11) is 17.1. The van der Waals surface area contributed by atoms with E-state index in [4.69, 9.17) is 8.22 Å². The molecule has 8 heteroatoms. The number of hydrogen-bond donors (Lipinski definition) is 0. The van der Waals surface area contributed by atoms with E-state index in [2.05, 4.69) is 349 Å². The lowest BCUT2D eigenvalue weighted by Crippen LogP contribution is -2.33. The highest BCUT2D eigenvalue weighted by molar-refractivity contribution is 6.20. The Morgan fingerprint density at radius 1 is 0.245 bits per heavy atom. The second-order valence-corrected chi connectivity index (χ2v) is 28.8. The van der Waals surface area contributed by atoms with Gasteiger partial charge in [-0.15, -0.1) is 0 Å². The summed E-state index contributed by atoms with van der Waals surface area (Å²) >= 11 is 0. The van der Waals surface area contributed by atoms with Crippen LogP contribution in [0.25, 0.3) is 176 Å². The van der Waals surface area contributed by atoms with Crippen LogP contribution in [0.3, 0.4) is 0 Å². The summed E-state index contributed by atoms with van der Waals surface area (Å²) in [6.07, 6.45) is 0. The summed E-state index contributed by atoms with van der Waals surface area (Å²) in [6.45, 7) is 4.12. The third-order valence-electron chi connectivity index (χ3n) is 22.6. The van der Waals surface area contributed by atoms with Crippen LogP contribution in [0, 0.1) is 41.4 Å². The first-order valence-corrected chi connectivity index (χ1v) is 36.4. The van der Waals surface area contributed by atoms with Crippen LogP contribution in [0.15, 0.2) is 279 Å². The van der Waals surface area contributed by atoms with Gasteiger partial charge in [-0.1, -0.05) is 193 Å². The lowest BCUT2D eigenvalue weighted by molar-refractivity contribution is -0.636. The third-order valence-corrected chi connectivity index (χ3v) is 22.6. The van der Waals surface area contributed by atoms with Crippen molar-refractivity contribution in [1.29, 1.82) is 0 Å². The molecule has 0 unspecified atom stereocenters. The Morgan fingerprint density at radius 3 is 1.13 bits per heavy atom. The molecule has 0 amide bonds. The second-order valence-electron chi connectivity index (χ2n) is 28.8. The zero-order chi connectivity index (χ0) is 78.1. The van der Waals surface area contributed by atoms with Gasteiger partial charge in [0.15, 0.2) is 0 Å². The maximum Gasteiger partial charge on any atom is 0.289 e. The van der Waals surface area contributed by atoms with E-state index in [1.54, 1.807) is 24.3 Å². The van der Waals surface area contributed by atoms with Crippen molar-refractivity contribution in [1.82, 2.24) is 18.3 Å². The Hall–Kier alpha value is -12.5. The highest BCUT2D eigenvalue weighted by atomic mass is 15.1. The van der Waals surface area contributed by atoms with Crippen molar-refractivity contribution in [2.75, 3.05) is 0 Å². The normalized spacial score (nSPS) is 12.8. The van der Waals surface area contributed by atoms with Gasteiger partial charge in [0.05, 0.1) is 60.8 Å². The van der Waals surface area contributed by atoms with Crippen molar-refractivity contribution in [3.05, 3.63) is 312 Å². The predicted octanol–water partition coefficient (Wildman–Crippen LogP) is 21.8. The van der Waals surface area contributed by atoms with Gasteiger partial charge in [0.25, 0.3) is 11.3 Å². The van der Waals surface area contributed by atoms with Gasteiger partial charge in [-0.2, -0.15) is 9.13 Å². The van der Waals surface area contributed by atoms with E-state index in [9.17, 15) is 0 Å². The molecule has 106 heavy (non-hydrogen) atoms. The molecule has 12 aromatic carbocycles. The number of aryl methyl sites for hydroxylation is 14. The van der Waals surface area contributed by atoms with Crippen molar-refractivity contribution in [2.45, 2.75) is 41.4 Å². The van der Waals surface area contributed by atoms with Crippen molar-refractivity contribution < 1.29 is 26.5 Å². The van der Waals surface area contributed by atoms with Crippen LogP contribution in [-0.4, -0.2) is 18.3 Å². The number of nitrogens with zero attached hydrogens (tertiary/aromatic N) is 8. The molecule has 20 rings (SSSR count). The molecule has 0 fully saturated rings. The van der Waals surface area contributed by atoms with Crippen LogP contribution in [0.5, 0.6) is 0 Å². The summed E-state index contributed by atoms with van der Waals surface area (Å²) < 4.78 is 64.3. The molecule has 20 aromatic rings. The topological polar surface area (TPSA) is 35.2 Å². The first-order chi connectivity index (χ1) is 53.8. The molecule has 0 atom stereocenters. The Labute approximate surface area is 627 Å². The highest BCUT2D eigenvalue weighted by Crippen LogP contribution is 2.39. The van der Waals surface area contributed by atoms with Gasteiger partial charge in [0, 0.05) is 67.5 Å². The number of hydrogen-bond acceptors (Lipinski definition) is 0. The van der Waals surface area contributed by atoms with Crippen LogP contribution in [0.4, 0.5) is 0 Å². The quantitative estimate of drug-likeness (QED) is 0.157. The largest absolute Gasteiger partial charge is 0.338 e. The number of aromatic nitrogens is 8. The molecule has 0 bridgehead atoms. The Bertz CT molecular complexity index is 7270. The van der Waals surface area contributed by atoms with Gasteiger partial charge in [-0.05, 0) is 192 Å². The smallest absolute Gasteiger partial charge is 0.289 e. The number of benzene rings is 12. The molecule has 0 aliphatic carbocycles. The Kier molecular flexibility index (Phi) is 14.9. The Morgan fingerprint density at radius 2 is 0.613 bits per heavy atom. The molecule has 8 aromatic heterocycles. The molecule has 0 aliphatic rings. The molecule has 8 nitrogen and oxygen atoms in total. The molecule has 8 heterocycles. The fourth-order valence-electron chi connectivity index (χ4n) is 17.2. The van der Waals surface area contributed by atoms with Gasteiger partial charge in [0.2, 0.25) is 22.4 Å². The van der Waals surface area contributed by atoms with Crippen molar-refractivity contribution in [3.8, 4) is 45.0 Å². The molecular formula is C98H88N8+4. The van der Waals surface area contributed by atoms with E-state index in [0.29, 0.717) is 11.1 Å². The zero-order valence-electron chi connectivity index (χ0n) is 68.1. The molecule has 0 spiro atoms. The van der Waals surface area contributed by atoms with E-state index in [0.717, 1.165) is 39.3 Å². The van der Waals surface area contributed by atoms with E-state index in [1.807, 2.05) is 26.0 Å². The number of pyridine rings is 4. The van der Waals surface area contributed by atoms with Crippen LogP contribution in [0.2, 0.25) is 0 Å². The predicted molar refractivity (Wildman–Crippen MR) is 447 cm³/mol. The average Bonchev–Trinajstić information content (AvgIpc) is 1.59. The standard InChI is InChI=1S/2C25H23N2.2C24H21N2/c1-16-9-11-19(17(2)15-16)21-13-14-23-25(27(21)4)24-20-8-6-5-7-18(20)10-12-22(24)26(23)3;1-16-9-10-20(17(2)13-16)23-12-11-21-22-14-18-7-5-6-8-19(18)15-24(22)27(4)25(21)26(23)3;1-16-8-4-7-11-19(16)21-12-13-22-24(26(21)3)20-14-17-9-5-6-10-18(17)15-23(20)25(22)2;1-16-8-4-6-10-18(16)21-15-13-20-23-19-11-7-5-9-17(19)12-14-22(23)26(3)24(20)25(21)2/h2*5-15H,1-4H3;2*4-15H,1-3H3/q4*+1/i2*1D3;;. The monoisotopic (exact) mass is 1380 g/mol. The third kappa shape index (κ3) is 11.0. The molecule has 0 radical (unpaired) electrons. The van der Waals surface area contributed by atoms with E-state index in [1.165, 1.54) is 159 Å².